The first kappa shape index (κ1) is 14.8. The predicted octanol–water partition coefficient (Wildman–Crippen LogP) is 4.33. The maximum absolute atomic E-state index is 3.62. The Morgan fingerprint density at radius 2 is 1.65 bits per heavy atom. The van der Waals surface area contributed by atoms with Crippen LogP contribution in [0, 0.1) is 20.8 Å². The Labute approximate surface area is 123 Å². The number of benzene rings is 2. The van der Waals surface area contributed by atoms with Crippen molar-refractivity contribution < 1.29 is 0 Å². The van der Waals surface area contributed by atoms with Crippen LogP contribution in [0.3, 0.4) is 0 Å². The van der Waals surface area contributed by atoms with Crippen molar-refractivity contribution in [3.8, 4) is 0 Å². The van der Waals surface area contributed by atoms with Crippen molar-refractivity contribution in [1.82, 2.24) is 5.32 Å². The molecule has 1 nitrogen and oxygen atoms in total. The highest BCUT2D eigenvalue weighted by molar-refractivity contribution is 5.30. The standard InChI is InChI=1S/C19H25N/c1-14-9-10-18(11-16(14)3)13-20-17(4)12-19-8-6-5-7-15(19)2/h5-11,17,20H,12-13H2,1-4H3. The average molecular weight is 267 g/mol. The van der Waals surface area contributed by atoms with Crippen LogP contribution in [0.25, 0.3) is 0 Å². The zero-order chi connectivity index (χ0) is 14.5. The van der Waals surface area contributed by atoms with E-state index >= 15 is 0 Å². The molecule has 0 aliphatic rings. The normalized spacial score (nSPS) is 12.4. The van der Waals surface area contributed by atoms with Gasteiger partial charge in [-0.1, -0.05) is 42.5 Å². The monoisotopic (exact) mass is 267 g/mol. The summed E-state index contributed by atoms with van der Waals surface area (Å²) in [5, 5.41) is 3.62. The lowest BCUT2D eigenvalue weighted by Crippen LogP contribution is -2.27. The summed E-state index contributed by atoms with van der Waals surface area (Å²) in [7, 11) is 0. The third kappa shape index (κ3) is 3.94. The van der Waals surface area contributed by atoms with E-state index in [2.05, 4.69) is 75.5 Å². The van der Waals surface area contributed by atoms with Crippen molar-refractivity contribution in [2.45, 2.75) is 46.7 Å². The maximum Gasteiger partial charge on any atom is 0.0208 e. The Morgan fingerprint density at radius 1 is 0.900 bits per heavy atom. The Kier molecular flexibility index (Phi) is 4.97. The van der Waals surface area contributed by atoms with Gasteiger partial charge in [0.25, 0.3) is 0 Å². The minimum absolute atomic E-state index is 0.484. The summed E-state index contributed by atoms with van der Waals surface area (Å²) in [6, 6.07) is 15.8. The lowest BCUT2D eigenvalue weighted by atomic mass is 10.0. The molecule has 0 saturated carbocycles. The summed E-state index contributed by atoms with van der Waals surface area (Å²) in [5.74, 6) is 0. The Balaban J connectivity index is 1.90. The first-order valence-electron chi connectivity index (χ1n) is 7.40. The molecule has 2 aromatic rings. The molecule has 2 aromatic carbocycles. The van der Waals surface area contributed by atoms with Gasteiger partial charge in [0.1, 0.15) is 0 Å². The van der Waals surface area contributed by atoms with Gasteiger partial charge in [-0.3, -0.25) is 0 Å². The second-order valence-corrected chi connectivity index (χ2v) is 5.83. The summed E-state index contributed by atoms with van der Waals surface area (Å²) in [6.07, 6.45) is 1.08. The molecule has 1 unspecified atom stereocenters. The van der Waals surface area contributed by atoms with Crippen LogP contribution in [0.15, 0.2) is 42.5 Å². The first-order valence-corrected chi connectivity index (χ1v) is 7.40. The molecule has 0 fully saturated rings. The Morgan fingerprint density at radius 3 is 2.35 bits per heavy atom. The van der Waals surface area contributed by atoms with E-state index < -0.39 is 0 Å². The van der Waals surface area contributed by atoms with Crippen LogP contribution in [-0.2, 0) is 13.0 Å². The summed E-state index contributed by atoms with van der Waals surface area (Å²) in [5.41, 5.74) is 6.92. The largest absolute Gasteiger partial charge is 0.310 e. The van der Waals surface area contributed by atoms with E-state index in [1.54, 1.807) is 0 Å². The second-order valence-electron chi connectivity index (χ2n) is 5.83. The number of hydrogen-bond acceptors (Lipinski definition) is 1. The molecular weight excluding hydrogens is 242 g/mol. The van der Waals surface area contributed by atoms with E-state index in [1.807, 2.05) is 0 Å². The number of nitrogens with one attached hydrogen (secondary N) is 1. The maximum atomic E-state index is 3.62. The lowest BCUT2D eigenvalue weighted by Gasteiger charge is -2.16. The lowest BCUT2D eigenvalue weighted by molar-refractivity contribution is 0.544. The molecule has 20 heavy (non-hydrogen) atoms. The van der Waals surface area contributed by atoms with E-state index in [9.17, 15) is 0 Å². The summed E-state index contributed by atoms with van der Waals surface area (Å²) in [4.78, 5) is 0. The predicted molar refractivity (Wildman–Crippen MR) is 87.1 cm³/mol. The van der Waals surface area contributed by atoms with Crippen molar-refractivity contribution in [1.29, 1.82) is 0 Å². The van der Waals surface area contributed by atoms with Crippen molar-refractivity contribution in [2.24, 2.45) is 0 Å². The number of rotatable bonds is 5. The Bertz CT molecular complexity index is 572. The van der Waals surface area contributed by atoms with Crippen molar-refractivity contribution in [3.05, 3.63) is 70.3 Å². The molecule has 0 heterocycles. The Hall–Kier alpha value is -1.60. The molecule has 1 N–H and O–H groups in total. The van der Waals surface area contributed by atoms with Crippen molar-refractivity contribution >= 4 is 0 Å². The van der Waals surface area contributed by atoms with Crippen molar-refractivity contribution in [3.63, 3.8) is 0 Å². The van der Waals surface area contributed by atoms with E-state index in [1.165, 1.54) is 27.8 Å². The van der Waals surface area contributed by atoms with Gasteiger partial charge in [0.15, 0.2) is 0 Å². The van der Waals surface area contributed by atoms with Crippen molar-refractivity contribution in [2.75, 3.05) is 0 Å². The summed E-state index contributed by atoms with van der Waals surface area (Å²) >= 11 is 0. The molecule has 0 aliphatic carbocycles. The zero-order valence-electron chi connectivity index (χ0n) is 13.0. The number of aryl methyl sites for hydroxylation is 3. The van der Waals surface area contributed by atoms with Crippen LogP contribution >= 0.6 is 0 Å². The van der Waals surface area contributed by atoms with Gasteiger partial charge in [0, 0.05) is 12.6 Å². The fourth-order valence-corrected chi connectivity index (χ4v) is 2.45. The third-order valence-corrected chi connectivity index (χ3v) is 4.01. The van der Waals surface area contributed by atoms with Crippen LogP contribution in [-0.4, -0.2) is 6.04 Å². The van der Waals surface area contributed by atoms with Gasteiger partial charge in [0.2, 0.25) is 0 Å². The topological polar surface area (TPSA) is 12.0 Å². The number of hydrogen-bond donors (Lipinski definition) is 1. The molecule has 1 atom stereocenters. The minimum Gasteiger partial charge on any atom is -0.310 e. The molecule has 0 bridgehead atoms. The van der Waals surface area contributed by atoms with Gasteiger partial charge in [-0.2, -0.15) is 0 Å². The van der Waals surface area contributed by atoms with Gasteiger partial charge in [-0.25, -0.2) is 0 Å². The molecule has 1 heteroatoms. The van der Waals surface area contributed by atoms with Gasteiger partial charge in [-0.05, 0) is 61.9 Å². The van der Waals surface area contributed by atoms with Crippen LogP contribution < -0.4 is 5.32 Å². The van der Waals surface area contributed by atoms with E-state index in [4.69, 9.17) is 0 Å². The van der Waals surface area contributed by atoms with Gasteiger partial charge < -0.3 is 5.32 Å². The van der Waals surface area contributed by atoms with Gasteiger partial charge in [0.05, 0.1) is 0 Å². The van der Waals surface area contributed by atoms with Gasteiger partial charge >= 0.3 is 0 Å². The van der Waals surface area contributed by atoms with E-state index in [-0.39, 0.29) is 0 Å². The second kappa shape index (κ2) is 6.71. The molecule has 0 aliphatic heterocycles. The quantitative estimate of drug-likeness (QED) is 0.850. The van der Waals surface area contributed by atoms with Gasteiger partial charge in [-0.15, -0.1) is 0 Å². The molecule has 0 spiro atoms. The van der Waals surface area contributed by atoms with E-state index in [0.29, 0.717) is 6.04 Å². The zero-order valence-corrected chi connectivity index (χ0v) is 13.0. The van der Waals surface area contributed by atoms with E-state index in [0.717, 1.165) is 13.0 Å². The molecule has 106 valence electrons. The summed E-state index contributed by atoms with van der Waals surface area (Å²) in [6.45, 7) is 9.72. The average Bonchev–Trinajstić information content (AvgIpc) is 2.43. The molecule has 0 amide bonds. The smallest absolute Gasteiger partial charge is 0.0208 e. The fraction of sp³-hybridized carbons (Fsp3) is 0.368. The highest BCUT2D eigenvalue weighted by Crippen LogP contribution is 2.12. The van der Waals surface area contributed by atoms with Crippen LogP contribution in [0.1, 0.15) is 34.7 Å². The molecule has 2 rings (SSSR count). The fourth-order valence-electron chi connectivity index (χ4n) is 2.45. The third-order valence-electron chi connectivity index (χ3n) is 4.01. The minimum atomic E-state index is 0.484. The molecular formula is C19H25N. The first-order chi connectivity index (χ1) is 9.56. The molecule has 0 radical (unpaired) electrons. The summed E-state index contributed by atoms with van der Waals surface area (Å²) < 4.78 is 0. The SMILES string of the molecule is Cc1ccc(CNC(C)Cc2ccccc2C)cc1C. The van der Waals surface area contributed by atoms with Crippen LogP contribution in [0.5, 0.6) is 0 Å². The highest BCUT2D eigenvalue weighted by Gasteiger charge is 2.05. The molecule has 0 saturated heterocycles. The highest BCUT2D eigenvalue weighted by atomic mass is 14.9. The molecule has 0 aromatic heterocycles. The van der Waals surface area contributed by atoms with Crippen LogP contribution in [0.2, 0.25) is 0 Å². The van der Waals surface area contributed by atoms with Crippen LogP contribution in [0.4, 0.5) is 0 Å².